The summed E-state index contributed by atoms with van der Waals surface area (Å²) in [5.74, 6) is -1.43. The summed E-state index contributed by atoms with van der Waals surface area (Å²) in [5, 5.41) is 11.6. The number of aryl methyl sites for hydroxylation is 2. The SMILES string of the molecule is CNC(=O)c1c(C)c(C)cc(C)c1C(=O)O. The van der Waals surface area contributed by atoms with Crippen LogP contribution in [0.5, 0.6) is 0 Å². The van der Waals surface area contributed by atoms with Crippen molar-refractivity contribution >= 4 is 11.9 Å². The van der Waals surface area contributed by atoms with Crippen LogP contribution in [0.4, 0.5) is 0 Å². The van der Waals surface area contributed by atoms with E-state index in [1.807, 2.05) is 6.92 Å². The van der Waals surface area contributed by atoms with Gasteiger partial charge in [0, 0.05) is 7.05 Å². The van der Waals surface area contributed by atoms with Gasteiger partial charge in [0.15, 0.2) is 0 Å². The van der Waals surface area contributed by atoms with E-state index in [1.54, 1.807) is 19.9 Å². The van der Waals surface area contributed by atoms with Gasteiger partial charge in [0.25, 0.3) is 5.91 Å². The molecular formula is C12H15NO3. The molecule has 0 heterocycles. The molecule has 16 heavy (non-hydrogen) atoms. The van der Waals surface area contributed by atoms with Crippen molar-refractivity contribution in [2.45, 2.75) is 20.8 Å². The maximum absolute atomic E-state index is 11.7. The minimum Gasteiger partial charge on any atom is -0.478 e. The Morgan fingerprint density at radius 2 is 1.69 bits per heavy atom. The van der Waals surface area contributed by atoms with Gasteiger partial charge >= 0.3 is 5.97 Å². The van der Waals surface area contributed by atoms with E-state index in [4.69, 9.17) is 5.11 Å². The molecule has 0 spiro atoms. The highest BCUT2D eigenvalue weighted by molar-refractivity contribution is 6.06. The maximum Gasteiger partial charge on any atom is 0.336 e. The third-order valence-electron chi connectivity index (χ3n) is 2.71. The van der Waals surface area contributed by atoms with Crippen molar-refractivity contribution in [3.05, 3.63) is 33.9 Å². The lowest BCUT2D eigenvalue weighted by molar-refractivity contribution is 0.0690. The molecule has 0 aliphatic heterocycles. The van der Waals surface area contributed by atoms with Gasteiger partial charge in [0.1, 0.15) is 0 Å². The molecular weight excluding hydrogens is 206 g/mol. The Bertz CT molecular complexity index is 464. The first-order chi connectivity index (χ1) is 7.40. The fourth-order valence-electron chi connectivity index (χ4n) is 1.77. The first-order valence-electron chi connectivity index (χ1n) is 4.96. The zero-order chi connectivity index (χ0) is 12.5. The molecule has 86 valence electrons. The van der Waals surface area contributed by atoms with Crippen LogP contribution in [0.2, 0.25) is 0 Å². The number of amides is 1. The van der Waals surface area contributed by atoms with Gasteiger partial charge in [-0.2, -0.15) is 0 Å². The summed E-state index contributed by atoms with van der Waals surface area (Å²) in [5.41, 5.74) is 2.58. The highest BCUT2D eigenvalue weighted by Gasteiger charge is 2.21. The van der Waals surface area contributed by atoms with E-state index in [1.165, 1.54) is 7.05 Å². The lowest BCUT2D eigenvalue weighted by atomic mass is 9.93. The molecule has 4 nitrogen and oxygen atoms in total. The fraction of sp³-hybridized carbons (Fsp3) is 0.333. The lowest BCUT2D eigenvalue weighted by Crippen LogP contribution is -2.23. The second-order valence-corrected chi connectivity index (χ2v) is 3.77. The molecule has 1 rings (SSSR count). The molecule has 0 aliphatic carbocycles. The van der Waals surface area contributed by atoms with Crippen LogP contribution in [0.15, 0.2) is 6.07 Å². The van der Waals surface area contributed by atoms with Crippen LogP contribution in [0.25, 0.3) is 0 Å². The number of nitrogens with one attached hydrogen (secondary N) is 1. The summed E-state index contributed by atoms with van der Waals surface area (Å²) >= 11 is 0. The number of hydrogen-bond donors (Lipinski definition) is 2. The third-order valence-corrected chi connectivity index (χ3v) is 2.71. The van der Waals surface area contributed by atoms with Crippen LogP contribution in [0, 0.1) is 20.8 Å². The van der Waals surface area contributed by atoms with Gasteiger partial charge in [-0.15, -0.1) is 0 Å². The zero-order valence-corrected chi connectivity index (χ0v) is 9.84. The first kappa shape index (κ1) is 12.2. The third kappa shape index (κ3) is 1.91. The number of aromatic carboxylic acids is 1. The van der Waals surface area contributed by atoms with Gasteiger partial charge in [0.2, 0.25) is 0 Å². The molecule has 0 aromatic heterocycles. The van der Waals surface area contributed by atoms with Crippen molar-refractivity contribution in [1.82, 2.24) is 5.32 Å². The largest absolute Gasteiger partial charge is 0.478 e. The van der Waals surface area contributed by atoms with Crippen LogP contribution < -0.4 is 5.32 Å². The predicted molar refractivity (Wildman–Crippen MR) is 61.0 cm³/mol. The van der Waals surface area contributed by atoms with Crippen LogP contribution in [0.3, 0.4) is 0 Å². The van der Waals surface area contributed by atoms with Crippen molar-refractivity contribution in [2.75, 3.05) is 7.05 Å². The molecule has 0 saturated heterocycles. The minimum atomic E-state index is -1.07. The summed E-state index contributed by atoms with van der Waals surface area (Å²) < 4.78 is 0. The normalized spacial score (nSPS) is 10.0. The molecule has 0 saturated carbocycles. The van der Waals surface area contributed by atoms with E-state index in [0.29, 0.717) is 11.1 Å². The van der Waals surface area contributed by atoms with Gasteiger partial charge in [-0.25, -0.2) is 4.79 Å². The molecule has 0 unspecified atom stereocenters. The average molecular weight is 221 g/mol. The quantitative estimate of drug-likeness (QED) is 0.798. The van der Waals surface area contributed by atoms with Crippen LogP contribution >= 0.6 is 0 Å². The minimum absolute atomic E-state index is 0.0856. The smallest absolute Gasteiger partial charge is 0.336 e. The number of carbonyl (C=O) groups is 2. The van der Waals surface area contributed by atoms with Crippen LogP contribution in [-0.4, -0.2) is 24.0 Å². The van der Waals surface area contributed by atoms with Crippen molar-refractivity contribution in [2.24, 2.45) is 0 Å². The Labute approximate surface area is 94.3 Å². The molecule has 1 aromatic carbocycles. The molecule has 1 amide bonds. The van der Waals surface area contributed by atoms with Crippen LogP contribution in [0.1, 0.15) is 37.4 Å². The van der Waals surface area contributed by atoms with Crippen molar-refractivity contribution in [3.63, 3.8) is 0 Å². The summed E-state index contributed by atoms with van der Waals surface area (Å²) in [6.45, 7) is 5.31. The average Bonchev–Trinajstić information content (AvgIpc) is 2.21. The second kappa shape index (κ2) is 4.35. The number of benzene rings is 1. The van der Waals surface area contributed by atoms with E-state index in [0.717, 1.165) is 5.56 Å². The molecule has 1 aromatic rings. The zero-order valence-electron chi connectivity index (χ0n) is 9.84. The van der Waals surface area contributed by atoms with Gasteiger partial charge in [-0.1, -0.05) is 6.07 Å². The Morgan fingerprint density at radius 3 is 2.12 bits per heavy atom. The molecule has 4 heteroatoms. The fourth-order valence-corrected chi connectivity index (χ4v) is 1.77. The Hall–Kier alpha value is -1.84. The maximum atomic E-state index is 11.7. The van der Waals surface area contributed by atoms with Crippen molar-refractivity contribution in [1.29, 1.82) is 0 Å². The van der Waals surface area contributed by atoms with Gasteiger partial charge in [0.05, 0.1) is 11.1 Å². The Balaban J connectivity index is 3.64. The molecule has 2 N–H and O–H groups in total. The summed E-state index contributed by atoms with van der Waals surface area (Å²) in [7, 11) is 1.49. The van der Waals surface area contributed by atoms with Crippen molar-refractivity contribution in [3.8, 4) is 0 Å². The molecule has 0 bridgehead atoms. The van der Waals surface area contributed by atoms with Crippen molar-refractivity contribution < 1.29 is 14.7 Å². The highest BCUT2D eigenvalue weighted by Crippen LogP contribution is 2.22. The monoisotopic (exact) mass is 221 g/mol. The molecule has 0 aliphatic rings. The van der Waals surface area contributed by atoms with E-state index >= 15 is 0 Å². The topological polar surface area (TPSA) is 66.4 Å². The molecule has 0 atom stereocenters. The van der Waals surface area contributed by atoms with Gasteiger partial charge in [-0.05, 0) is 37.5 Å². The predicted octanol–water partition coefficient (Wildman–Crippen LogP) is 1.67. The number of carboxylic acids is 1. The Morgan fingerprint density at radius 1 is 1.12 bits per heavy atom. The van der Waals surface area contributed by atoms with E-state index in [9.17, 15) is 9.59 Å². The van der Waals surface area contributed by atoms with E-state index < -0.39 is 5.97 Å². The summed E-state index contributed by atoms with van der Waals surface area (Å²) in [6, 6.07) is 1.78. The number of carboxylic acid groups (broad SMARTS) is 1. The Kier molecular flexibility index (Phi) is 3.32. The highest BCUT2D eigenvalue weighted by atomic mass is 16.4. The standard InChI is InChI=1S/C12H15NO3/c1-6-5-7(2)9(12(15)16)10(8(6)3)11(14)13-4/h5H,1-4H3,(H,13,14)(H,15,16). The van der Waals surface area contributed by atoms with E-state index in [2.05, 4.69) is 5.32 Å². The molecule has 0 fully saturated rings. The van der Waals surface area contributed by atoms with Gasteiger partial charge < -0.3 is 10.4 Å². The van der Waals surface area contributed by atoms with E-state index in [-0.39, 0.29) is 17.0 Å². The molecule has 0 radical (unpaired) electrons. The number of hydrogen-bond acceptors (Lipinski definition) is 2. The lowest BCUT2D eigenvalue weighted by Gasteiger charge is -2.13. The summed E-state index contributed by atoms with van der Waals surface area (Å²) in [4.78, 5) is 22.8. The summed E-state index contributed by atoms with van der Waals surface area (Å²) in [6.07, 6.45) is 0. The van der Waals surface area contributed by atoms with Crippen LogP contribution in [-0.2, 0) is 0 Å². The number of rotatable bonds is 2. The van der Waals surface area contributed by atoms with Gasteiger partial charge in [-0.3, -0.25) is 4.79 Å². The first-order valence-corrected chi connectivity index (χ1v) is 4.96. The number of carbonyl (C=O) groups excluding carboxylic acids is 1. The second-order valence-electron chi connectivity index (χ2n) is 3.77.